The molecule has 2 rings (SSSR count). The monoisotopic (exact) mass is 271 g/mol. The van der Waals surface area contributed by atoms with Gasteiger partial charge in [0.15, 0.2) is 0 Å². The Morgan fingerprint density at radius 1 is 1.10 bits per heavy atom. The van der Waals surface area contributed by atoms with Gasteiger partial charge in [-0.1, -0.05) is 31.2 Å². The van der Waals surface area contributed by atoms with Gasteiger partial charge in [0.1, 0.15) is 18.1 Å². The molecule has 1 atom stereocenters. The van der Waals surface area contributed by atoms with E-state index in [-0.39, 0.29) is 11.8 Å². The van der Waals surface area contributed by atoms with E-state index in [0.29, 0.717) is 6.61 Å². The quantitative estimate of drug-likeness (QED) is 0.848. The third kappa shape index (κ3) is 4.28. The second kappa shape index (κ2) is 6.96. The molecule has 3 nitrogen and oxygen atoms in total. The molecule has 0 aliphatic heterocycles. The number of hydrogen-bond donors (Lipinski definition) is 2. The predicted octanol–water partition coefficient (Wildman–Crippen LogP) is 3.25. The van der Waals surface area contributed by atoms with Crippen molar-refractivity contribution in [2.24, 2.45) is 5.73 Å². The Morgan fingerprint density at radius 3 is 2.55 bits per heavy atom. The molecule has 0 radical (unpaired) electrons. The molecular weight excluding hydrogens is 250 g/mol. The highest BCUT2D eigenvalue weighted by Gasteiger charge is 2.03. The van der Waals surface area contributed by atoms with Crippen molar-refractivity contribution in [3.63, 3.8) is 0 Å². The maximum absolute atomic E-state index is 9.23. The van der Waals surface area contributed by atoms with Gasteiger partial charge in [0.25, 0.3) is 0 Å². The number of nitrogens with two attached hydrogens (primary N) is 1. The lowest BCUT2D eigenvalue weighted by atomic mass is 10.0. The van der Waals surface area contributed by atoms with Gasteiger partial charge in [0, 0.05) is 6.04 Å². The molecule has 0 heterocycles. The molecule has 0 fully saturated rings. The molecule has 0 spiro atoms. The largest absolute Gasteiger partial charge is 0.508 e. The molecule has 2 aromatic carbocycles. The van der Waals surface area contributed by atoms with Crippen LogP contribution in [0.4, 0.5) is 0 Å². The maximum Gasteiger partial charge on any atom is 0.120 e. The van der Waals surface area contributed by atoms with Crippen LogP contribution in [0.5, 0.6) is 11.5 Å². The summed E-state index contributed by atoms with van der Waals surface area (Å²) in [6.07, 6.45) is 1.84. The number of hydrogen-bond acceptors (Lipinski definition) is 3. The molecule has 0 aromatic heterocycles. The van der Waals surface area contributed by atoms with Crippen molar-refractivity contribution >= 4 is 0 Å². The zero-order chi connectivity index (χ0) is 14.4. The Balaban J connectivity index is 1.95. The predicted molar refractivity (Wildman–Crippen MR) is 80.9 cm³/mol. The lowest BCUT2D eigenvalue weighted by Crippen LogP contribution is -2.21. The van der Waals surface area contributed by atoms with Crippen molar-refractivity contribution < 1.29 is 9.84 Å². The number of phenolic OH excluding ortho intramolecular Hbond substituents is 1. The molecule has 0 aliphatic rings. The van der Waals surface area contributed by atoms with Crippen LogP contribution in [0.25, 0.3) is 0 Å². The van der Waals surface area contributed by atoms with E-state index in [9.17, 15) is 5.11 Å². The minimum absolute atomic E-state index is 0.197. The average Bonchev–Trinajstić information content (AvgIpc) is 2.47. The number of benzene rings is 2. The fourth-order valence-corrected chi connectivity index (χ4v) is 1.97. The summed E-state index contributed by atoms with van der Waals surface area (Å²) >= 11 is 0. The van der Waals surface area contributed by atoms with Crippen LogP contribution < -0.4 is 10.5 Å². The molecule has 3 N–H and O–H groups in total. The second-order valence-corrected chi connectivity index (χ2v) is 4.97. The van der Waals surface area contributed by atoms with Gasteiger partial charge in [0.2, 0.25) is 0 Å². The van der Waals surface area contributed by atoms with E-state index in [1.165, 1.54) is 5.56 Å². The van der Waals surface area contributed by atoms with Crippen molar-refractivity contribution in [1.82, 2.24) is 0 Å². The van der Waals surface area contributed by atoms with E-state index in [4.69, 9.17) is 10.5 Å². The fourth-order valence-electron chi connectivity index (χ4n) is 1.97. The molecular formula is C17H21NO2. The standard InChI is InChI=1S/C17H21NO2/c1-2-15(18)10-14-4-3-5-17(11-14)20-12-13-6-8-16(19)9-7-13/h3-9,11,15,19H,2,10,12,18H2,1H3. The fraction of sp³-hybridized carbons (Fsp3) is 0.294. The summed E-state index contributed by atoms with van der Waals surface area (Å²) in [5, 5.41) is 9.23. The van der Waals surface area contributed by atoms with E-state index in [1.54, 1.807) is 12.1 Å². The van der Waals surface area contributed by atoms with Gasteiger partial charge < -0.3 is 15.6 Å². The number of aromatic hydroxyl groups is 1. The highest BCUT2D eigenvalue weighted by molar-refractivity contribution is 5.30. The lowest BCUT2D eigenvalue weighted by molar-refractivity contribution is 0.305. The van der Waals surface area contributed by atoms with Gasteiger partial charge >= 0.3 is 0 Å². The van der Waals surface area contributed by atoms with Crippen molar-refractivity contribution in [1.29, 1.82) is 0 Å². The number of ether oxygens (including phenoxy) is 1. The minimum Gasteiger partial charge on any atom is -0.508 e. The Labute approximate surface area is 120 Å². The van der Waals surface area contributed by atoms with Crippen LogP contribution in [-0.2, 0) is 13.0 Å². The first-order valence-corrected chi connectivity index (χ1v) is 6.92. The van der Waals surface area contributed by atoms with Crippen molar-refractivity contribution in [3.05, 3.63) is 59.7 Å². The smallest absolute Gasteiger partial charge is 0.120 e. The number of rotatable bonds is 6. The van der Waals surface area contributed by atoms with E-state index in [0.717, 1.165) is 24.2 Å². The molecule has 0 saturated heterocycles. The van der Waals surface area contributed by atoms with Crippen molar-refractivity contribution in [2.45, 2.75) is 32.4 Å². The van der Waals surface area contributed by atoms with Gasteiger partial charge in [-0.25, -0.2) is 0 Å². The molecule has 3 heteroatoms. The van der Waals surface area contributed by atoms with Gasteiger partial charge in [-0.05, 0) is 48.2 Å². The molecule has 0 amide bonds. The second-order valence-electron chi connectivity index (χ2n) is 4.97. The van der Waals surface area contributed by atoms with E-state index >= 15 is 0 Å². The third-order valence-corrected chi connectivity index (χ3v) is 3.26. The van der Waals surface area contributed by atoms with Gasteiger partial charge in [-0.15, -0.1) is 0 Å². The van der Waals surface area contributed by atoms with Crippen molar-refractivity contribution in [2.75, 3.05) is 0 Å². The zero-order valence-corrected chi connectivity index (χ0v) is 11.8. The summed E-state index contributed by atoms with van der Waals surface area (Å²) in [5.41, 5.74) is 8.19. The molecule has 0 aliphatic carbocycles. The lowest BCUT2D eigenvalue weighted by Gasteiger charge is -2.11. The summed E-state index contributed by atoms with van der Waals surface area (Å²) in [7, 11) is 0. The molecule has 1 unspecified atom stereocenters. The van der Waals surface area contributed by atoms with Crippen LogP contribution in [0.2, 0.25) is 0 Å². The Hall–Kier alpha value is -2.00. The zero-order valence-electron chi connectivity index (χ0n) is 11.8. The Kier molecular flexibility index (Phi) is 5.02. The van der Waals surface area contributed by atoms with Crippen LogP contribution in [0.3, 0.4) is 0 Å². The first-order valence-electron chi connectivity index (χ1n) is 6.92. The first-order chi connectivity index (χ1) is 9.67. The normalized spacial score (nSPS) is 12.1. The van der Waals surface area contributed by atoms with Gasteiger partial charge in [-0.3, -0.25) is 0 Å². The van der Waals surface area contributed by atoms with E-state index in [2.05, 4.69) is 13.0 Å². The Bertz CT molecular complexity index is 537. The van der Waals surface area contributed by atoms with Crippen LogP contribution >= 0.6 is 0 Å². The van der Waals surface area contributed by atoms with E-state index < -0.39 is 0 Å². The summed E-state index contributed by atoms with van der Waals surface area (Å²) in [6, 6.07) is 15.3. The number of phenols is 1. The van der Waals surface area contributed by atoms with Crippen molar-refractivity contribution in [3.8, 4) is 11.5 Å². The molecule has 20 heavy (non-hydrogen) atoms. The topological polar surface area (TPSA) is 55.5 Å². The van der Waals surface area contributed by atoms with Crippen LogP contribution in [-0.4, -0.2) is 11.1 Å². The average molecular weight is 271 g/mol. The van der Waals surface area contributed by atoms with Crippen LogP contribution in [0.15, 0.2) is 48.5 Å². The van der Waals surface area contributed by atoms with Gasteiger partial charge in [-0.2, -0.15) is 0 Å². The first kappa shape index (κ1) is 14.4. The minimum atomic E-state index is 0.197. The van der Waals surface area contributed by atoms with Crippen LogP contribution in [0, 0.1) is 0 Å². The molecule has 0 bridgehead atoms. The van der Waals surface area contributed by atoms with E-state index in [1.807, 2.05) is 30.3 Å². The maximum atomic E-state index is 9.23. The third-order valence-electron chi connectivity index (χ3n) is 3.26. The summed E-state index contributed by atoms with van der Waals surface area (Å²) in [6.45, 7) is 2.58. The highest BCUT2D eigenvalue weighted by atomic mass is 16.5. The van der Waals surface area contributed by atoms with Gasteiger partial charge in [0.05, 0.1) is 0 Å². The molecule has 2 aromatic rings. The summed E-state index contributed by atoms with van der Waals surface area (Å²) in [5.74, 6) is 1.11. The molecule has 0 saturated carbocycles. The summed E-state index contributed by atoms with van der Waals surface area (Å²) < 4.78 is 5.77. The molecule has 106 valence electrons. The van der Waals surface area contributed by atoms with Crippen LogP contribution in [0.1, 0.15) is 24.5 Å². The SMILES string of the molecule is CCC(N)Cc1cccc(OCc2ccc(O)cc2)c1. The highest BCUT2D eigenvalue weighted by Crippen LogP contribution is 2.17. The summed E-state index contributed by atoms with van der Waals surface area (Å²) in [4.78, 5) is 0. The Morgan fingerprint density at radius 2 is 1.85 bits per heavy atom.